The predicted molar refractivity (Wildman–Crippen MR) is 76.1 cm³/mol. The lowest BCUT2D eigenvalue weighted by atomic mass is 9.82. The van der Waals surface area contributed by atoms with Gasteiger partial charge in [0.25, 0.3) is 0 Å². The molecule has 1 nitrogen and oxygen atoms in total. The van der Waals surface area contributed by atoms with Crippen molar-refractivity contribution in [3.63, 3.8) is 0 Å². The van der Waals surface area contributed by atoms with Crippen LogP contribution in [0, 0.1) is 29.9 Å². The van der Waals surface area contributed by atoms with Gasteiger partial charge in [-0.25, -0.2) is 8.78 Å². The minimum atomic E-state index is -0.353. The summed E-state index contributed by atoms with van der Waals surface area (Å²) in [6.45, 7) is 12.9. The molecule has 108 valence electrons. The van der Waals surface area contributed by atoms with Crippen molar-refractivity contribution in [2.24, 2.45) is 11.3 Å². The summed E-state index contributed by atoms with van der Waals surface area (Å²) < 4.78 is 27.3. The van der Waals surface area contributed by atoms with Gasteiger partial charge in [0, 0.05) is 11.6 Å². The summed E-state index contributed by atoms with van der Waals surface area (Å²) in [5, 5.41) is 3.29. The molecule has 0 fully saturated rings. The Labute approximate surface area is 115 Å². The van der Waals surface area contributed by atoms with Crippen molar-refractivity contribution in [2.45, 2.75) is 47.6 Å². The Morgan fingerprint density at radius 1 is 1.11 bits per heavy atom. The zero-order valence-corrected chi connectivity index (χ0v) is 12.8. The second kappa shape index (κ2) is 6.00. The first-order valence-electron chi connectivity index (χ1n) is 6.82. The van der Waals surface area contributed by atoms with Crippen LogP contribution in [0.4, 0.5) is 8.78 Å². The number of aryl methyl sites for hydroxylation is 1. The minimum Gasteiger partial charge on any atom is -0.310 e. The molecule has 0 spiro atoms. The third kappa shape index (κ3) is 4.27. The van der Waals surface area contributed by atoms with Crippen molar-refractivity contribution in [3.05, 3.63) is 34.9 Å². The van der Waals surface area contributed by atoms with E-state index in [2.05, 4.69) is 33.0 Å². The molecule has 0 amide bonds. The molecule has 0 aliphatic heterocycles. The molecule has 0 saturated heterocycles. The zero-order valence-electron chi connectivity index (χ0n) is 12.8. The number of nitrogens with one attached hydrogen (secondary N) is 1. The van der Waals surface area contributed by atoms with E-state index in [1.165, 1.54) is 12.1 Å². The Morgan fingerprint density at radius 2 is 1.68 bits per heavy atom. The third-order valence-corrected chi connectivity index (χ3v) is 3.95. The fourth-order valence-electron chi connectivity index (χ4n) is 1.76. The van der Waals surface area contributed by atoms with Crippen LogP contribution in [0.15, 0.2) is 12.1 Å². The van der Waals surface area contributed by atoms with Crippen LogP contribution < -0.4 is 5.32 Å². The normalized spacial score (nSPS) is 15.4. The summed E-state index contributed by atoms with van der Waals surface area (Å²) in [7, 11) is 0. The van der Waals surface area contributed by atoms with E-state index < -0.39 is 0 Å². The zero-order chi connectivity index (χ0) is 14.8. The summed E-state index contributed by atoms with van der Waals surface area (Å²) in [5.74, 6) is -0.246. The molecule has 3 heteroatoms. The summed E-state index contributed by atoms with van der Waals surface area (Å²) >= 11 is 0. The van der Waals surface area contributed by atoms with Gasteiger partial charge in [0.2, 0.25) is 0 Å². The van der Waals surface area contributed by atoms with Crippen molar-refractivity contribution in [2.75, 3.05) is 6.54 Å². The number of benzene rings is 1. The lowest BCUT2D eigenvalue weighted by Crippen LogP contribution is -2.31. The number of hydrogen-bond acceptors (Lipinski definition) is 1. The molecule has 0 aromatic heterocycles. The average molecular weight is 269 g/mol. The van der Waals surface area contributed by atoms with E-state index in [0.29, 0.717) is 17.0 Å². The third-order valence-electron chi connectivity index (χ3n) is 3.95. The fourth-order valence-corrected chi connectivity index (χ4v) is 1.76. The first kappa shape index (κ1) is 16.1. The molecule has 1 rings (SSSR count). The van der Waals surface area contributed by atoms with Crippen molar-refractivity contribution in [1.82, 2.24) is 5.32 Å². The summed E-state index contributed by atoms with van der Waals surface area (Å²) in [5.41, 5.74) is 0.935. The molecule has 0 saturated carbocycles. The average Bonchev–Trinajstić information content (AvgIpc) is 2.29. The highest BCUT2D eigenvalue weighted by molar-refractivity contribution is 5.27. The van der Waals surface area contributed by atoms with Gasteiger partial charge in [-0.15, -0.1) is 0 Å². The van der Waals surface area contributed by atoms with E-state index >= 15 is 0 Å². The maximum Gasteiger partial charge on any atom is 0.128 e. The van der Waals surface area contributed by atoms with Crippen LogP contribution in [-0.4, -0.2) is 6.54 Å². The molecule has 0 radical (unpaired) electrons. The molecule has 1 N–H and O–H groups in total. The van der Waals surface area contributed by atoms with Crippen LogP contribution in [0.25, 0.3) is 0 Å². The molecule has 0 heterocycles. The smallest absolute Gasteiger partial charge is 0.128 e. The van der Waals surface area contributed by atoms with Gasteiger partial charge >= 0.3 is 0 Å². The van der Waals surface area contributed by atoms with Gasteiger partial charge in [0.05, 0.1) is 0 Å². The van der Waals surface area contributed by atoms with Crippen molar-refractivity contribution in [1.29, 1.82) is 0 Å². The van der Waals surface area contributed by atoms with E-state index in [4.69, 9.17) is 0 Å². The van der Waals surface area contributed by atoms with Gasteiger partial charge < -0.3 is 5.32 Å². The lowest BCUT2D eigenvalue weighted by Gasteiger charge is -2.29. The van der Waals surface area contributed by atoms with Crippen molar-refractivity contribution >= 4 is 0 Å². The molecular weight excluding hydrogens is 244 g/mol. The van der Waals surface area contributed by atoms with Crippen molar-refractivity contribution < 1.29 is 8.78 Å². The van der Waals surface area contributed by atoms with Crippen LogP contribution in [0.1, 0.15) is 51.8 Å². The van der Waals surface area contributed by atoms with Gasteiger partial charge in [-0.3, -0.25) is 0 Å². The maximum atomic E-state index is 13.8. The first-order chi connectivity index (χ1) is 8.62. The largest absolute Gasteiger partial charge is 0.310 e. The highest BCUT2D eigenvalue weighted by Crippen LogP contribution is 2.26. The van der Waals surface area contributed by atoms with Gasteiger partial charge in [-0.1, -0.05) is 27.7 Å². The van der Waals surface area contributed by atoms with Crippen LogP contribution in [0.3, 0.4) is 0 Å². The van der Waals surface area contributed by atoms with Crippen LogP contribution >= 0.6 is 0 Å². The Hall–Kier alpha value is -0.960. The molecule has 0 bridgehead atoms. The molecule has 1 aromatic rings. The van der Waals surface area contributed by atoms with Crippen LogP contribution in [0.2, 0.25) is 0 Å². The lowest BCUT2D eigenvalue weighted by molar-refractivity contribution is 0.246. The second-order valence-corrected chi connectivity index (χ2v) is 6.52. The molecule has 1 aromatic carbocycles. The number of hydrogen-bond donors (Lipinski definition) is 1. The minimum absolute atomic E-state index is 0.195. The Morgan fingerprint density at radius 3 is 2.21 bits per heavy atom. The van der Waals surface area contributed by atoms with E-state index in [0.717, 1.165) is 6.54 Å². The van der Waals surface area contributed by atoms with Gasteiger partial charge in [0.15, 0.2) is 0 Å². The van der Waals surface area contributed by atoms with Crippen LogP contribution in [0.5, 0.6) is 0 Å². The summed E-state index contributed by atoms with van der Waals surface area (Å²) in [4.78, 5) is 0. The van der Waals surface area contributed by atoms with Gasteiger partial charge in [-0.05, 0) is 49.4 Å². The van der Waals surface area contributed by atoms with E-state index in [9.17, 15) is 8.78 Å². The highest BCUT2D eigenvalue weighted by atomic mass is 19.1. The SMILES string of the molecule is Cc1cc(F)c(C(C)NCC(C)C(C)(C)C)cc1F. The Kier molecular flexibility index (Phi) is 5.08. The molecule has 0 aliphatic carbocycles. The Balaban J connectivity index is 2.74. The summed E-state index contributed by atoms with van der Waals surface area (Å²) in [6, 6.07) is 2.36. The molecule has 2 unspecified atom stereocenters. The first-order valence-corrected chi connectivity index (χ1v) is 6.82. The second-order valence-electron chi connectivity index (χ2n) is 6.52. The van der Waals surface area contributed by atoms with E-state index in [1.807, 2.05) is 6.92 Å². The molecule has 0 aliphatic rings. The van der Waals surface area contributed by atoms with Crippen LogP contribution in [-0.2, 0) is 0 Å². The molecule has 19 heavy (non-hydrogen) atoms. The predicted octanol–water partition coefficient (Wildman–Crippen LogP) is 4.61. The highest BCUT2D eigenvalue weighted by Gasteiger charge is 2.21. The standard InChI is InChI=1S/C16H25F2N/c1-10-7-15(18)13(8-14(10)17)12(3)19-9-11(2)16(4,5)6/h7-8,11-12,19H,9H2,1-6H3. The Bertz CT molecular complexity index is 435. The summed E-state index contributed by atoms with van der Waals surface area (Å²) in [6.07, 6.45) is 0. The molecular formula is C16H25F2N. The number of halogens is 2. The van der Waals surface area contributed by atoms with Crippen molar-refractivity contribution in [3.8, 4) is 0 Å². The van der Waals surface area contributed by atoms with Gasteiger partial charge in [-0.2, -0.15) is 0 Å². The molecule has 2 atom stereocenters. The monoisotopic (exact) mass is 269 g/mol. The van der Waals surface area contributed by atoms with E-state index in [1.54, 1.807) is 6.92 Å². The van der Waals surface area contributed by atoms with Gasteiger partial charge in [0.1, 0.15) is 11.6 Å². The number of rotatable bonds is 4. The maximum absolute atomic E-state index is 13.8. The van der Waals surface area contributed by atoms with E-state index in [-0.39, 0.29) is 23.1 Å². The quantitative estimate of drug-likeness (QED) is 0.842. The fraction of sp³-hybridized carbons (Fsp3) is 0.625. The topological polar surface area (TPSA) is 12.0 Å².